The van der Waals surface area contributed by atoms with Gasteiger partial charge in [-0.3, -0.25) is 9.59 Å². The summed E-state index contributed by atoms with van der Waals surface area (Å²) in [7, 11) is 1.30. The highest BCUT2D eigenvalue weighted by Crippen LogP contribution is 2.67. The molecule has 222 valence electrons. The Labute approximate surface area is 242 Å². The fourth-order valence-corrected chi connectivity index (χ4v) is 8.83. The van der Waals surface area contributed by atoms with Crippen molar-refractivity contribution in [1.82, 2.24) is 5.32 Å². The summed E-state index contributed by atoms with van der Waals surface area (Å²) >= 11 is 0. The van der Waals surface area contributed by atoms with Crippen LogP contribution in [0.2, 0.25) is 0 Å². The largest absolute Gasteiger partial charge is 0.467 e. The Hall–Kier alpha value is -3.00. The number of hydrogen-bond donors (Lipinski definition) is 2. The molecular formula is C33H44N2O6. The number of rotatable bonds is 8. The number of carbonyl (C=O) groups is 3. The fraction of sp³-hybridized carbons (Fsp3) is 0.636. The van der Waals surface area contributed by atoms with E-state index in [4.69, 9.17) is 9.57 Å². The molecule has 41 heavy (non-hydrogen) atoms. The molecule has 5 rings (SSSR count). The zero-order valence-electron chi connectivity index (χ0n) is 24.8. The van der Waals surface area contributed by atoms with Crippen LogP contribution < -0.4 is 5.32 Å². The lowest BCUT2D eigenvalue weighted by molar-refractivity contribution is -0.159. The maximum Gasteiger partial charge on any atom is 0.328 e. The fourth-order valence-electron chi connectivity index (χ4n) is 8.83. The minimum absolute atomic E-state index is 0.0722. The molecule has 8 heteroatoms. The van der Waals surface area contributed by atoms with Crippen molar-refractivity contribution in [3.05, 3.63) is 47.5 Å². The van der Waals surface area contributed by atoms with Crippen LogP contribution in [0.5, 0.6) is 0 Å². The standard InChI is InChI=1S/C33H44N2O6/c1-21(36)33(39)17-14-27-25-11-10-23-19-24(12-15-31(23,2)26(25)13-16-32(27,33)3)35-41-20-29(37)34-28(30(38)40-4)18-22-8-6-5-7-9-22/h5-9,19,25-28,39H,10-18,20H2,1-4H3,(H,34,37)/b35-24+/t25-,26+,27+,28-,31+,32+,33+/m1/s1. The van der Waals surface area contributed by atoms with E-state index in [1.54, 1.807) is 6.92 Å². The molecule has 0 aliphatic heterocycles. The molecule has 1 aromatic rings. The Balaban J connectivity index is 1.20. The molecule has 0 spiro atoms. The minimum atomic E-state index is -1.19. The van der Waals surface area contributed by atoms with Crippen molar-refractivity contribution in [3.63, 3.8) is 0 Å². The van der Waals surface area contributed by atoms with Crippen molar-refractivity contribution in [2.45, 2.75) is 90.2 Å². The first kappa shape index (κ1) is 29.5. The monoisotopic (exact) mass is 564 g/mol. The van der Waals surface area contributed by atoms with Crippen LogP contribution in [-0.2, 0) is 30.4 Å². The average molecular weight is 565 g/mol. The second-order valence-electron chi connectivity index (χ2n) is 13.1. The van der Waals surface area contributed by atoms with E-state index in [9.17, 15) is 19.5 Å². The van der Waals surface area contributed by atoms with Crippen LogP contribution in [0.3, 0.4) is 0 Å². The van der Waals surface area contributed by atoms with Crippen LogP contribution in [0.25, 0.3) is 0 Å². The number of fused-ring (bicyclic) bond motifs is 5. The van der Waals surface area contributed by atoms with Crippen molar-refractivity contribution in [3.8, 4) is 0 Å². The predicted molar refractivity (Wildman–Crippen MR) is 155 cm³/mol. The van der Waals surface area contributed by atoms with Crippen LogP contribution in [0.4, 0.5) is 0 Å². The van der Waals surface area contributed by atoms with Gasteiger partial charge in [-0.25, -0.2) is 4.79 Å². The highest BCUT2D eigenvalue weighted by atomic mass is 16.6. The molecule has 1 amide bonds. The molecule has 0 aromatic heterocycles. The minimum Gasteiger partial charge on any atom is -0.467 e. The number of benzene rings is 1. The van der Waals surface area contributed by atoms with Gasteiger partial charge in [0.2, 0.25) is 0 Å². The molecule has 2 N–H and O–H groups in total. The Kier molecular flexibility index (Phi) is 8.16. The normalized spacial score (nSPS) is 35.8. The van der Waals surface area contributed by atoms with E-state index in [1.165, 1.54) is 12.7 Å². The van der Waals surface area contributed by atoms with Gasteiger partial charge >= 0.3 is 5.97 Å². The van der Waals surface area contributed by atoms with E-state index in [0.29, 0.717) is 30.6 Å². The zero-order chi connectivity index (χ0) is 29.4. The summed E-state index contributed by atoms with van der Waals surface area (Å²) in [6.07, 6.45) is 9.68. The van der Waals surface area contributed by atoms with Gasteiger partial charge in [0.25, 0.3) is 5.91 Å². The van der Waals surface area contributed by atoms with Crippen LogP contribution in [-0.4, -0.2) is 53.8 Å². The molecule has 0 heterocycles. The quantitative estimate of drug-likeness (QED) is 0.354. The number of nitrogens with zero attached hydrogens (tertiary/aromatic N) is 1. The molecule has 7 atom stereocenters. The van der Waals surface area contributed by atoms with E-state index in [1.807, 2.05) is 30.3 Å². The molecule has 3 saturated carbocycles. The summed E-state index contributed by atoms with van der Waals surface area (Å²) in [4.78, 5) is 42.8. The van der Waals surface area contributed by atoms with Crippen LogP contribution in [0.1, 0.15) is 77.7 Å². The average Bonchev–Trinajstić information content (AvgIpc) is 3.24. The first-order valence-corrected chi connectivity index (χ1v) is 15.1. The number of carbonyl (C=O) groups excluding carboxylic acids is 3. The van der Waals surface area contributed by atoms with Gasteiger partial charge in [-0.05, 0) is 93.1 Å². The number of esters is 1. The van der Waals surface area contributed by atoms with Gasteiger partial charge < -0.3 is 20.0 Å². The summed E-state index contributed by atoms with van der Waals surface area (Å²) in [5.74, 6) is 0.409. The Morgan fingerprint density at radius 1 is 1.05 bits per heavy atom. The van der Waals surface area contributed by atoms with Gasteiger partial charge in [-0.15, -0.1) is 0 Å². The van der Waals surface area contributed by atoms with E-state index in [2.05, 4.69) is 30.4 Å². The predicted octanol–water partition coefficient (Wildman–Crippen LogP) is 4.54. The second kappa shape index (κ2) is 11.3. The topological polar surface area (TPSA) is 114 Å². The highest BCUT2D eigenvalue weighted by molar-refractivity contribution is 5.96. The number of oxime groups is 1. The number of Topliss-reactive ketones (excluding diaryl/α,β-unsaturated/α-hetero) is 1. The number of ketones is 1. The first-order chi connectivity index (χ1) is 19.5. The van der Waals surface area contributed by atoms with Crippen LogP contribution in [0.15, 0.2) is 47.1 Å². The molecule has 0 unspecified atom stereocenters. The van der Waals surface area contributed by atoms with Gasteiger partial charge in [0.1, 0.15) is 11.6 Å². The number of aliphatic hydroxyl groups is 1. The third-order valence-electron chi connectivity index (χ3n) is 11.2. The SMILES string of the molecule is COC(=O)[C@@H](Cc1ccccc1)NC(=O)CO/N=C1/C=C2CC[C@@H]3[C@H](CC[C@@]4(C)[C@H]3CC[C@]4(O)C(C)=O)[C@@]2(C)CC1. The molecular weight excluding hydrogens is 520 g/mol. The summed E-state index contributed by atoms with van der Waals surface area (Å²) in [5.41, 5.74) is 1.71. The van der Waals surface area contributed by atoms with Crippen molar-refractivity contribution in [2.24, 2.45) is 33.7 Å². The third kappa shape index (κ3) is 5.24. The van der Waals surface area contributed by atoms with Gasteiger partial charge in [0.05, 0.1) is 12.8 Å². The van der Waals surface area contributed by atoms with Crippen molar-refractivity contribution < 1.29 is 29.1 Å². The maximum atomic E-state index is 12.6. The smallest absolute Gasteiger partial charge is 0.328 e. The highest BCUT2D eigenvalue weighted by Gasteiger charge is 2.65. The Morgan fingerprint density at radius 2 is 1.78 bits per heavy atom. The first-order valence-electron chi connectivity index (χ1n) is 15.1. The zero-order valence-corrected chi connectivity index (χ0v) is 24.8. The molecule has 0 radical (unpaired) electrons. The molecule has 4 aliphatic rings. The lowest BCUT2D eigenvalue weighted by Crippen LogP contribution is -2.57. The number of nitrogens with one attached hydrogen (secondary N) is 1. The summed E-state index contributed by atoms with van der Waals surface area (Å²) < 4.78 is 4.87. The Morgan fingerprint density at radius 3 is 2.49 bits per heavy atom. The van der Waals surface area contributed by atoms with Crippen LogP contribution in [0, 0.1) is 28.6 Å². The number of amides is 1. The van der Waals surface area contributed by atoms with Gasteiger partial charge in [0, 0.05) is 11.8 Å². The lowest BCUT2D eigenvalue weighted by atomic mass is 9.46. The van der Waals surface area contributed by atoms with Crippen molar-refractivity contribution in [1.29, 1.82) is 0 Å². The molecule has 3 fully saturated rings. The van der Waals surface area contributed by atoms with Crippen LogP contribution >= 0.6 is 0 Å². The van der Waals surface area contributed by atoms with E-state index >= 15 is 0 Å². The number of methoxy groups -OCH3 is 1. The third-order valence-corrected chi connectivity index (χ3v) is 11.2. The van der Waals surface area contributed by atoms with E-state index in [-0.39, 0.29) is 23.2 Å². The molecule has 4 aliphatic carbocycles. The lowest BCUT2D eigenvalue weighted by Gasteiger charge is -2.59. The van der Waals surface area contributed by atoms with Gasteiger partial charge in [0.15, 0.2) is 12.4 Å². The molecule has 1 aromatic carbocycles. The summed E-state index contributed by atoms with van der Waals surface area (Å²) in [6, 6.07) is 8.65. The molecule has 0 saturated heterocycles. The molecule has 0 bridgehead atoms. The van der Waals surface area contributed by atoms with E-state index in [0.717, 1.165) is 56.2 Å². The summed E-state index contributed by atoms with van der Waals surface area (Å²) in [6.45, 7) is 5.81. The van der Waals surface area contributed by atoms with E-state index < -0.39 is 23.5 Å². The second-order valence-corrected chi connectivity index (χ2v) is 13.1. The number of ether oxygens (including phenoxy) is 1. The number of hydrogen-bond acceptors (Lipinski definition) is 7. The van der Waals surface area contributed by atoms with Crippen molar-refractivity contribution >= 4 is 23.4 Å². The van der Waals surface area contributed by atoms with Gasteiger partial charge in [-0.1, -0.05) is 54.9 Å². The summed E-state index contributed by atoms with van der Waals surface area (Å²) in [5, 5.41) is 18.4. The Bertz CT molecular complexity index is 1240. The maximum absolute atomic E-state index is 12.6. The number of allylic oxidation sites excluding steroid dienone is 2. The molecule has 8 nitrogen and oxygen atoms in total. The van der Waals surface area contributed by atoms with Crippen molar-refractivity contribution in [2.75, 3.05) is 13.7 Å². The van der Waals surface area contributed by atoms with Gasteiger partial charge in [-0.2, -0.15) is 0 Å².